The van der Waals surface area contributed by atoms with Gasteiger partial charge in [0.25, 0.3) is 0 Å². The number of aliphatic hydroxyl groups excluding tert-OH is 2. The maximum absolute atomic E-state index is 9.51. The van der Waals surface area contributed by atoms with Crippen molar-refractivity contribution < 1.29 is 10.2 Å². The van der Waals surface area contributed by atoms with E-state index >= 15 is 0 Å². The molecule has 2 N–H and O–H groups in total. The molecule has 2 aliphatic carbocycles. The second-order valence-corrected chi connectivity index (χ2v) is 4.47. The molecule has 2 rings (SSSR count). The van der Waals surface area contributed by atoms with Crippen LogP contribution in [0.1, 0.15) is 38.5 Å². The van der Waals surface area contributed by atoms with E-state index in [9.17, 15) is 10.2 Å². The summed E-state index contributed by atoms with van der Waals surface area (Å²) in [5.74, 6) is 1.06. The van der Waals surface area contributed by atoms with Crippen LogP contribution in [0.15, 0.2) is 29.2 Å². The summed E-state index contributed by atoms with van der Waals surface area (Å²) in [5, 5.41) is 18.8. The first-order valence-corrected chi connectivity index (χ1v) is 5.75. The number of aliphatic hydroxyl groups is 2. The number of hydrogen-bond donors (Lipinski definition) is 2. The molecule has 2 nitrogen and oxygen atoms in total. The van der Waals surface area contributed by atoms with E-state index in [1.165, 1.54) is 5.57 Å². The first-order chi connectivity index (χ1) is 7.25. The molecule has 0 heterocycles. The first kappa shape index (κ1) is 10.5. The van der Waals surface area contributed by atoms with Gasteiger partial charge in [0.2, 0.25) is 0 Å². The number of rotatable bonds is 1. The van der Waals surface area contributed by atoms with Gasteiger partial charge in [-0.2, -0.15) is 0 Å². The van der Waals surface area contributed by atoms with E-state index in [4.69, 9.17) is 0 Å². The minimum Gasteiger partial charge on any atom is -0.513 e. The lowest BCUT2D eigenvalue weighted by Crippen LogP contribution is -2.10. The molecule has 0 radical (unpaired) electrons. The topological polar surface area (TPSA) is 40.5 Å². The van der Waals surface area contributed by atoms with Gasteiger partial charge in [0.1, 0.15) is 0 Å². The maximum Gasteiger partial charge on any atom is 0.0883 e. The van der Waals surface area contributed by atoms with E-state index in [0.717, 1.165) is 38.5 Å². The van der Waals surface area contributed by atoms with Gasteiger partial charge in [-0.05, 0) is 55.7 Å². The molecule has 0 saturated carbocycles. The normalized spacial score (nSPS) is 31.8. The Hall–Kier alpha value is -0.980. The molecule has 2 aliphatic rings. The van der Waals surface area contributed by atoms with Crippen molar-refractivity contribution in [2.45, 2.75) is 44.6 Å². The Morgan fingerprint density at radius 1 is 1.20 bits per heavy atom. The average molecular weight is 206 g/mol. The molecule has 0 bridgehead atoms. The minimum atomic E-state index is -0.192. The summed E-state index contributed by atoms with van der Waals surface area (Å²) in [7, 11) is 0. The van der Waals surface area contributed by atoms with Crippen LogP contribution in [0.25, 0.3) is 0 Å². The fraction of sp³-hybridized carbons (Fsp3) is 0.615. The van der Waals surface area contributed by atoms with Crippen LogP contribution in [0.5, 0.6) is 0 Å². The highest BCUT2D eigenvalue weighted by molar-refractivity contribution is 5.14. The monoisotopic (exact) mass is 206 g/mol. The van der Waals surface area contributed by atoms with Crippen LogP contribution >= 0.6 is 0 Å². The molecule has 0 fully saturated rings. The molecule has 0 aromatic heterocycles. The smallest absolute Gasteiger partial charge is 0.0883 e. The zero-order chi connectivity index (χ0) is 10.7. The van der Waals surface area contributed by atoms with Gasteiger partial charge in [0.05, 0.1) is 11.9 Å². The highest BCUT2D eigenvalue weighted by Gasteiger charge is 2.19. The average Bonchev–Trinajstić information content (AvgIpc) is 2.44. The van der Waals surface area contributed by atoms with Crippen LogP contribution in [-0.4, -0.2) is 16.3 Å². The van der Waals surface area contributed by atoms with E-state index < -0.39 is 0 Å². The van der Waals surface area contributed by atoms with E-state index in [0.29, 0.717) is 11.7 Å². The lowest BCUT2D eigenvalue weighted by molar-refractivity contribution is 0.168. The zero-order valence-electron chi connectivity index (χ0n) is 8.95. The van der Waals surface area contributed by atoms with E-state index in [1.807, 2.05) is 12.2 Å². The summed E-state index contributed by atoms with van der Waals surface area (Å²) in [5.41, 5.74) is 4.65. The Morgan fingerprint density at radius 2 is 2.07 bits per heavy atom. The van der Waals surface area contributed by atoms with Gasteiger partial charge in [0, 0.05) is 6.42 Å². The van der Waals surface area contributed by atoms with Crippen LogP contribution < -0.4 is 0 Å². The summed E-state index contributed by atoms with van der Waals surface area (Å²) in [6.45, 7) is 0. The third kappa shape index (κ3) is 2.74. The molecule has 2 heteroatoms. The molecular formula is C13H18O2. The largest absolute Gasteiger partial charge is 0.513 e. The quantitative estimate of drug-likeness (QED) is 0.648. The van der Waals surface area contributed by atoms with Crippen molar-refractivity contribution in [3.05, 3.63) is 29.2 Å². The van der Waals surface area contributed by atoms with Crippen LogP contribution in [-0.2, 0) is 0 Å². The number of hydrogen-bond acceptors (Lipinski definition) is 2. The molecule has 0 amide bonds. The van der Waals surface area contributed by atoms with Gasteiger partial charge < -0.3 is 10.2 Å². The first-order valence-electron chi connectivity index (χ1n) is 5.75. The van der Waals surface area contributed by atoms with E-state index in [-0.39, 0.29) is 6.10 Å². The molecule has 0 aliphatic heterocycles. The Labute approximate surface area is 90.6 Å². The highest BCUT2D eigenvalue weighted by atomic mass is 16.3. The summed E-state index contributed by atoms with van der Waals surface area (Å²) in [6.07, 6.45) is 8.97. The van der Waals surface area contributed by atoms with Crippen molar-refractivity contribution in [3.63, 3.8) is 0 Å². The van der Waals surface area contributed by atoms with Gasteiger partial charge in [-0.1, -0.05) is 0 Å². The Kier molecular flexibility index (Phi) is 3.30. The second kappa shape index (κ2) is 4.69. The Balaban J connectivity index is 2.02. The predicted octanol–water partition coefficient (Wildman–Crippen LogP) is 2.85. The van der Waals surface area contributed by atoms with Gasteiger partial charge in [-0.15, -0.1) is 5.73 Å². The van der Waals surface area contributed by atoms with Crippen molar-refractivity contribution in [1.82, 2.24) is 0 Å². The summed E-state index contributed by atoms with van der Waals surface area (Å²) >= 11 is 0. The minimum absolute atomic E-state index is 0.192. The maximum atomic E-state index is 9.51. The summed E-state index contributed by atoms with van der Waals surface area (Å²) in [6, 6.07) is 0. The zero-order valence-corrected chi connectivity index (χ0v) is 8.95. The summed E-state index contributed by atoms with van der Waals surface area (Å²) < 4.78 is 0. The van der Waals surface area contributed by atoms with Crippen molar-refractivity contribution in [3.8, 4) is 0 Å². The predicted molar refractivity (Wildman–Crippen MR) is 59.5 cm³/mol. The Bertz CT molecular complexity index is 321. The SMILES string of the molecule is OC1=CCC(C2=C=CCC(O)CC2)CC1. The third-order valence-electron chi connectivity index (χ3n) is 3.30. The third-order valence-corrected chi connectivity index (χ3v) is 3.30. The van der Waals surface area contributed by atoms with Crippen molar-refractivity contribution in [2.75, 3.05) is 0 Å². The molecular weight excluding hydrogens is 188 g/mol. The Morgan fingerprint density at radius 3 is 2.80 bits per heavy atom. The fourth-order valence-electron chi connectivity index (χ4n) is 2.30. The lowest BCUT2D eigenvalue weighted by Gasteiger charge is -2.21. The molecule has 0 aromatic carbocycles. The molecule has 0 spiro atoms. The van der Waals surface area contributed by atoms with Crippen LogP contribution in [0.4, 0.5) is 0 Å². The lowest BCUT2D eigenvalue weighted by atomic mass is 9.85. The number of allylic oxidation sites excluding steroid dienone is 2. The van der Waals surface area contributed by atoms with Crippen molar-refractivity contribution in [2.24, 2.45) is 5.92 Å². The van der Waals surface area contributed by atoms with Crippen molar-refractivity contribution in [1.29, 1.82) is 0 Å². The molecule has 2 atom stereocenters. The fourth-order valence-corrected chi connectivity index (χ4v) is 2.30. The standard InChI is InChI=1S/C13H18O2/c14-12-3-1-2-10(4-7-12)11-5-8-13(15)9-6-11/h1,8,11-12,14-15H,3-7,9H2. The van der Waals surface area contributed by atoms with Gasteiger partial charge in [-0.3, -0.25) is 0 Å². The van der Waals surface area contributed by atoms with Gasteiger partial charge in [-0.25, -0.2) is 0 Å². The highest BCUT2D eigenvalue weighted by Crippen LogP contribution is 2.31. The summed E-state index contributed by atoms with van der Waals surface area (Å²) in [4.78, 5) is 0. The van der Waals surface area contributed by atoms with E-state index in [1.54, 1.807) is 0 Å². The molecule has 0 aromatic rings. The van der Waals surface area contributed by atoms with Crippen LogP contribution in [0, 0.1) is 5.92 Å². The molecule has 82 valence electrons. The molecule has 2 unspecified atom stereocenters. The van der Waals surface area contributed by atoms with Crippen LogP contribution in [0.2, 0.25) is 0 Å². The van der Waals surface area contributed by atoms with Gasteiger partial charge in [0.15, 0.2) is 0 Å². The second-order valence-electron chi connectivity index (χ2n) is 4.47. The molecule has 0 saturated heterocycles. The van der Waals surface area contributed by atoms with Crippen LogP contribution in [0.3, 0.4) is 0 Å². The molecule has 15 heavy (non-hydrogen) atoms. The van der Waals surface area contributed by atoms with E-state index in [2.05, 4.69) is 5.73 Å². The van der Waals surface area contributed by atoms with Crippen molar-refractivity contribution >= 4 is 0 Å². The van der Waals surface area contributed by atoms with Gasteiger partial charge >= 0.3 is 0 Å².